The Bertz CT molecular complexity index is 375. The number of nitrogens with two attached hydrogens (primary N) is 1. The van der Waals surface area contributed by atoms with E-state index in [1.54, 1.807) is 0 Å². The van der Waals surface area contributed by atoms with Gasteiger partial charge in [-0.25, -0.2) is 0 Å². The molecule has 1 aliphatic heterocycles. The standard InChI is InChI=1S/C16H26N2/c1-13-8-10-18(14(2)11-13)12-16-6-4-3-5-15(16)7-9-17/h3-6,13-14H,7-12,17H2,1-2H3. The monoisotopic (exact) mass is 246 g/mol. The van der Waals surface area contributed by atoms with Gasteiger partial charge in [-0.3, -0.25) is 4.90 Å². The molecule has 1 aliphatic rings. The molecule has 2 rings (SSSR count). The topological polar surface area (TPSA) is 29.3 Å². The van der Waals surface area contributed by atoms with Gasteiger partial charge in [0.25, 0.3) is 0 Å². The Balaban J connectivity index is 2.04. The molecule has 1 saturated heterocycles. The van der Waals surface area contributed by atoms with Gasteiger partial charge in [-0.15, -0.1) is 0 Å². The highest BCUT2D eigenvalue weighted by Gasteiger charge is 2.23. The summed E-state index contributed by atoms with van der Waals surface area (Å²) in [5.41, 5.74) is 8.58. The van der Waals surface area contributed by atoms with Gasteiger partial charge in [0, 0.05) is 12.6 Å². The van der Waals surface area contributed by atoms with E-state index in [9.17, 15) is 0 Å². The fourth-order valence-corrected chi connectivity index (χ4v) is 3.02. The number of rotatable bonds is 4. The number of benzene rings is 1. The predicted molar refractivity (Wildman–Crippen MR) is 77.5 cm³/mol. The normalized spacial score (nSPS) is 25.3. The Morgan fingerprint density at radius 3 is 2.61 bits per heavy atom. The van der Waals surface area contributed by atoms with Crippen LogP contribution in [0.15, 0.2) is 24.3 Å². The molecule has 0 saturated carbocycles. The van der Waals surface area contributed by atoms with E-state index < -0.39 is 0 Å². The summed E-state index contributed by atoms with van der Waals surface area (Å²) in [6.45, 7) is 7.80. The molecular formula is C16H26N2. The van der Waals surface area contributed by atoms with Crippen LogP contribution in [0.2, 0.25) is 0 Å². The van der Waals surface area contributed by atoms with Gasteiger partial charge >= 0.3 is 0 Å². The van der Waals surface area contributed by atoms with E-state index in [4.69, 9.17) is 5.73 Å². The first-order chi connectivity index (χ1) is 8.70. The minimum absolute atomic E-state index is 0.708. The zero-order valence-corrected chi connectivity index (χ0v) is 11.7. The van der Waals surface area contributed by atoms with Crippen molar-refractivity contribution in [3.63, 3.8) is 0 Å². The third-order valence-corrected chi connectivity index (χ3v) is 4.18. The molecule has 0 aliphatic carbocycles. The molecule has 0 amide bonds. The maximum atomic E-state index is 5.69. The van der Waals surface area contributed by atoms with Crippen LogP contribution >= 0.6 is 0 Å². The van der Waals surface area contributed by atoms with Gasteiger partial charge in [0.05, 0.1) is 0 Å². The van der Waals surface area contributed by atoms with Crippen LogP contribution in [0.1, 0.15) is 37.8 Å². The molecule has 1 aromatic rings. The lowest BCUT2D eigenvalue weighted by Crippen LogP contribution is -2.39. The summed E-state index contributed by atoms with van der Waals surface area (Å²) in [7, 11) is 0. The number of likely N-dealkylation sites (tertiary alicyclic amines) is 1. The summed E-state index contributed by atoms with van der Waals surface area (Å²) in [6.07, 6.45) is 3.66. The predicted octanol–water partition coefficient (Wildman–Crippen LogP) is 2.81. The number of piperidine rings is 1. The average molecular weight is 246 g/mol. The molecule has 0 spiro atoms. The van der Waals surface area contributed by atoms with E-state index in [1.807, 2.05) is 0 Å². The van der Waals surface area contributed by atoms with Crippen molar-refractivity contribution in [1.29, 1.82) is 0 Å². The molecule has 2 atom stereocenters. The zero-order valence-electron chi connectivity index (χ0n) is 11.7. The van der Waals surface area contributed by atoms with Crippen molar-refractivity contribution in [2.24, 2.45) is 11.7 Å². The fourth-order valence-electron chi connectivity index (χ4n) is 3.02. The van der Waals surface area contributed by atoms with Crippen molar-refractivity contribution in [3.05, 3.63) is 35.4 Å². The molecule has 2 unspecified atom stereocenters. The molecule has 1 fully saturated rings. The second-order valence-corrected chi connectivity index (χ2v) is 5.76. The molecule has 2 N–H and O–H groups in total. The molecule has 0 radical (unpaired) electrons. The SMILES string of the molecule is CC1CCN(Cc2ccccc2CCN)C(C)C1. The van der Waals surface area contributed by atoms with Crippen LogP contribution in [-0.2, 0) is 13.0 Å². The smallest absolute Gasteiger partial charge is 0.0239 e. The molecule has 1 aromatic carbocycles. The largest absolute Gasteiger partial charge is 0.330 e. The molecule has 18 heavy (non-hydrogen) atoms. The van der Waals surface area contributed by atoms with Crippen LogP contribution in [0.4, 0.5) is 0 Å². The van der Waals surface area contributed by atoms with Gasteiger partial charge in [0.1, 0.15) is 0 Å². The zero-order chi connectivity index (χ0) is 13.0. The van der Waals surface area contributed by atoms with E-state index in [-0.39, 0.29) is 0 Å². The van der Waals surface area contributed by atoms with Crippen molar-refractivity contribution >= 4 is 0 Å². The van der Waals surface area contributed by atoms with E-state index >= 15 is 0 Å². The Morgan fingerprint density at radius 1 is 1.22 bits per heavy atom. The molecule has 0 aromatic heterocycles. The molecular weight excluding hydrogens is 220 g/mol. The first-order valence-electron chi connectivity index (χ1n) is 7.21. The summed E-state index contributed by atoms with van der Waals surface area (Å²) in [6, 6.07) is 9.46. The second-order valence-electron chi connectivity index (χ2n) is 5.76. The Morgan fingerprint density at radius 2 is 1.94 bits per heavy atom. The first kappa shape index (κ1) is 13.6. The van der Waals surface area contributed by atoms with Gasteiger partial charge in [0.15, 0.2) is 0 Å². The van der Waals surface area contributed by atoms with Crippen molar-refractivity contribution in [2.45, 2.75) is 45.7 Å². The van der Waals surface area contributed by atoms with Crippen LogP contribution in [-0.4, -0.2) is 24.0 Å². The minimum atomic E-state index is 0.708. The van der Waals surface area contributed by atoms with Gasteiger partial charge in [-0.2, -0.15) is 0 Å². The van der Waals surface area contributed by atoms with Crippen LogP contribution in [0, 0.1) is 5.92 Å². The highest BCUT2D eigenvalue weighted by molar-refractivity contribution is 5.27. The van der Waals surface area contributed by atoms with Crippen LogP contribution in [0.25, 0.3) is 0 Å². The van der Waals surface area contributed by atoms with E-state index in [1.165, 1.54) is 30.5 Å². The van der Waals surface area contributed by atoms with E-state index in [2.05, 4.69) is 43.0 Å². The van der Waals surface area contributed by atoms with E-state index in [0.29, 0.717) is 6.04 Å². The summed E-state index contributed by atoms with van der Waals surface area (Å²) in [5, 5.41) is 0. The fraction of sp³-hybridized carbons (Fsp3) is 0.625. The number of hydrogen-bond acceptors (Lipinski definition) is 2. The van der Waals surface area contributed by atoms with Crippen molar-refractivity contribution in [1.82, 2.24) is 4.90 Å². The van der Waals surface area contributed by atoms with Gasteiger partial charge in [-0.05, 0) is 56.3 Å². The number of nitrogens with zero attached hydrogens (tertiary/aromatic N) is 1. The van der Waals surface area contributed by atoms with Crippen LogP contribution < -0.4 is 5.73 Å². The van der Waals surface area contributed by atoms with Crippen molar-refractivity contribution in [3.8, 4) is 0 Å². The third kappa shape index (κ3) is 3.33. The number of hydrogen-bond donors (Lipinski definition) is 1. The second kappa shape index (κ2) is 6.35. The molecule has 2 heteroatoms. The maximum absolute atomic E-state index is 5.69. The Hall–Kier alpha value is -0.860. The average Bonchev–Trinajstić information content (AvgIpc) is 2.35. The van der Waals surface area contributed by atoms with Crippen molar-refractivity contribution < 1.29 is 0 Å². The molecule has 0 bridgehead atoms. The highest BCUT2D eigenvalue weighted by Crippen LogP contribution is 2.24. The minimum Gasteiger partial charge on any atom is -0.330 e. The first-order valence-corrected chi connectivity index (χ1v) is 7.21. The van der Waals surface area contributed by atoms with Crippen molar-refractivity contribution in [2.75, 3.05) is 13.1 Å². The molecule has 2 nitrogen and oxygen atoms in total. The lowest BCUT2D eigenvalue weighted by Gasteiger charge is -2.36. The molecule has 100 valence electrons. The summed E-state index contributed by atoms with van der Waals surface area (Å²) in [5.74, 6) is 0.885. The quantitative estimate of drug-likeness (QED) is 0.885. The lowest BCUT2D eigenvalue weighted by atomic mass is 9.92. The lowest BCUT2D eigenvalue weighted by molar-refractivity contribution is 0.122. The Kier molecular flexibility index (Phi) is 4.79. The van der Waals surface area contributed by atoms with Gasteiger partial charge in [-0.1, -0.05) is 31.2 Å². The third-order valence-electron chi connectivity index (χ3n) is 4.18. The summed E-state index contributed by atoms with van der Waals surface area (Å²) in [4.78, 5) is 2.62. The van der Waals surface area contributed by atoms with Crippen LogP contribution in [0.5, 0.6) is 0 Å². The van der Waals surface area contributed by atoms with Crippen LogP contribution in [0.3, 0.4) is 0 Å². The Labute approximate surface area is 111 Å². The maximum Gasteiger partial charge on any atom is 0.0239 e. The summed E-state index contributed by atoms with van der Waals surface area (Å²) >= 11 is 0. The summed E-state index contributed by atoms with van der Waals surface area (Å²) < 4.78 is 0. The highest BCUT2D eigenvalue weighted by atomic mass is 15.2. The molecule has 1 heterocycles. The van der Waals surface area contributed by atoms with Gasteiger partial charge < -0.3 is 5.73 Å². The van der Waals surface area contributed by atoms with E-state index in [0.717, 1.165) is 25.4 Å². The van der Waals surface area contributed by atoms with Gasteiger partial charge in [0.2, 0.25) is 0 Å².